The fraction of sp³-hybridized carbons (Fsp3) is 0.318. The van der Waals surface area contributed by atoms with E-state index in [4.69, 9.17) is 0 Å². The minimum absolute atomic E-state index is 0.0437. The zero-order valence-corrected chi connectivity index (χ0v) is 18.6. The number of carbonyl (C=O) groups is 1. The summed E-state index contributed by atoms with van der Waals surface area (Å²) in [5.41, 5.74) is 2.55. The van der Waals surface area contributed by atoms with Crippen molar-refractivity contribution in [3.8, 4) is 11.4 Å². The second-order valence-corrected chi connectivity index (χ2v) is 8.39. The van der Waals surface area contributed by atoms with Crippen molar-refractivity contribution in [2.45, 2.75) is 38.2 Å². The van der Waals surface area contributed by atoms with Gasteiger partial charge < -0.3 is 9.88 Å². The van der Waals surface area contributed by atoms with Gasteiger partial charge in [-0.15, -0.1) is 10.2 Å². The Morgan fingerprint density at radius 1 is 1.13 bits per heavy atom. The molecule has 8 nitrogen and oxygen atoms in total. The monoisotopic (exact) mass is 439 g/mol. The number of nitrogens with zero attached hydrogens (tertiary/aromatic N) is 4. The molecular weight excluding hydrogens is 414 g/mol. The van der Waals surface area contributed by atoms with E-state index in [2.05, 4.69) is 29.4 Å². The number of benzene rings is 2. The first-order valence-corrected chi connectivity index (χ1v) is 11.1. The summed E-state index contributed by atoms with van der Waals surface area (Å²) in [6, 6.07) is 13.9. The third-order valence-corrected chi connectivity index (χ3v) is 5.66. The topological polar surface area (TPSA) is 103 Å². The van der Waals surface area contributed by atoms with Gasteiger partial charge in [-0.25, -0.2) is 0 Å². The number of aromatic nitrogens is 3. The van der Waals surface area contributed by atoms with E-state index in [-0.39, 0.29) is 11.6 Å². The van der Waals surface area contributed by atoms with Gasteiger partial charge in [0.15, 0.2) is 11.0 Å². The number of thioether (sulfide) groups is 1. The number of hydrogen-bond acceptors (Lipinski definition) is 6. The van der Waals surface area contributed by atoms with Crippen LogP contribution in [0.3, 0.4) is 0 Å². The lowest BCUT2D eigenvalue weighted by atomic mass is 10.1. The molecule has 0 atom stereocenters. The first kappa shape index (κ1) is 22.5. The van der Waals surface area contributed by atoms with Crippen molar-refractivity contribution in [2.75, 3.05) is 6.54 Å². The molecule has 0 saturated heterocycles. The van der Waals surface area contributed by atoms with E-state index in [0.717, 1.165) is 16.3 Å². The quantitative estimate of drug-likeness (QED) is 0.298. The Morgan fingerprint density at radius 2 is 1.81 bits per heavy atom. The highest BCUT2D eigenvalue weighted by atomic mass is 32.2. The molecule has 0 aliphatic rings. The van der Waals surface area contributed by atoms with Gasteiger partial charge in [-0.05, 0) is 42.7 Å². The van der Waals surface area contributed by atoms with Crippen LogP contribution in [0.15, 0.2) is 53.7 Å². The highest BCUT2D eigenvalue weighted by molar-refractivity contribution is 7.98. The lowest BCUT2D eigenvalue weighted by molar-refractivity contribution is -0.384. The third-order valence-electron chi connectivity index (χ3n) is 4.62. The van der Waals surface area contributed by atoms with Gasteiger partial charge in [-0.1, -0.05) is 37.7 Å². The Bertz CT molecular complexity index is 1050. The highest BCUT2D eigenvalue weighted by Gasteiger charge is 2.15. The van der Waals surface area contributed by atoms with Gasteiger partial charge in [-0.3, -0.25) is 14.9 Å². The summed E-state index contributed by atoms with van der Waals surface area (Å²) < 4.78 is 1.99. The largest absolute Gasteiger partial charge is 0.352 e. The number of nitrogens with one attached hydrogen (secondary N) is 1. The summed E-state index contributed by atoms with van der Waals surface area (Å²) in [5.74, 6) is 1.71. The molecule has 31 heavy (non-hydrogen) atoms. The van der Waals surface area contributed by atoms with Crippen molar-refractivity contribution >= 4 is 23.4 Å². The lowest BCUT2D eigenvalue weighted by Crippen LogP contribution is -2.27. The maximum Gasteiger partial charge on any atom is 0.269 e. The average Bonchev–Trinajstić information content (AvgIpc) is 3.19. The van der Waals surface area contributed by atoms with Crippen LogP contribution >= 0.6 is 11.8 Å². The van der Waals surface area contributed by atoms with Crippen LogP contribution in [-0.4, -0.2) is 32.1 Å². The highest BCUT2D eigenvalue weighted by Crippen LogP contribution is 2.27. The maximum absolute atomic E-state index is 12.1. The summed E-state index contributed by atoms with van der Waals surface area (Å²) in [6.07, 6.45) is 0. The van der Waals surface area contributed by atoms with Crippen LogP contribution < -0.4 is 5.32 Å². The van der Waals surface area contributed by atoms with Crippen molar-refractivity contribution in [1.82, 2.24) is 20.1 Å². The van der Waals surface area contributed by atoms with Crippen LogP contribution in [0.1, 0.15) is 36.7 Å². The van der Waals surface area contributed by atoms with Crippen molar-refractivity contribution < 1.29 is 9.72 Å². The van der Waals surface area contributed by atoms with E-state index in [1.165, 1.54) is 12.1 Å². The summed E-state index contributed by atoms with van der Waals surface area (Å²) in [7, 11) is 0. The van der Waals surface area contributed by atoms with Gasteiger partial charge in [0.25, 0.3) is 11.6 Å². The van der Waals surface area contributed by atoms with Crippen LogP contribution in [0.2, 0.25) is 0 Å². The maximum atomic E-state index is 12.1. The lowest BCUT2D eigenvalue weighted by Gasteiger charge is -2.09. The number of non-ortho nitro benzene ring substituents is 1. The molecule has 0 aliphatic carbocycles. The predicted molar refractivity (Wildman–Crippen MR) is 121 cm³/mol. The van der Waals surface area contributed by atoms with Gasteiger partial charge in [0.1, 0.15) is 0 Å². The number of nitro groups is 1. The number of rotatable bonds is 9. The Kier molecular flexibility index (Phi) is 7.41. The molecule has 162 valence electrons. The molecule has 0 spiro atoms. The van der Waals surface area contributed by atoms with Gasteiger partial charge in [0.2, 0.25) is 0 Å². The van der Waals surface area contributed by atoms with E-state index in [1.807, 2.05) is 35.8 Å². The van der Waals surface area contributed by atoms with Gasteiger partial charge >= 0.3 is 0 Å². The molecule has 3 aromatic rings. The summed E-state index contributed by atoms with van der Waals surface area (Å²) >= 11 is 1.56. The molecule has 0 fully saturated rings. The minimum Gasteiger partial charge on any atom is -0.352 e. The van der Waals surface area contributed by atoms with Crippen LogP contribution in [0.5, 0.6) is 0 Å². The fourth-order valence-electron chi connectivity index (χ4n) is 2.93. The summed E-state index contributed by atoms with van der Waals surface area (Å²) in [6.45, 7) is 7.45. The molecule has 0 bridgehead atoms. The Labute approximate surface area is 185 Å². The van der Waals surface area contributed by atoms with Crippen molar-refractivity contribution in [3.63, 3.8) is 0 Å². The van der Waals surface area contributed by atoms with E-state index >= 15 is 0 Å². The van der Waals surface area contributed by atoms with Gasteiger partial charge in [0.05, 0.1) is 4.92 Å². The second kappa shape index (κ2) is 10.2. The molecule has 0 aliphatic heterocycles. The molecule has 1 N–H and O–H groups in total. The number of carbonyl (C=O) groups excluding carboxylic acids is 1. The summed E-state index contributed by atoms with van der Waals surface area (Å²) in [5, 5.41) is 23.1. The second-order valence-electron chi connectivity index (χ2n) is 7.44. The van der Waals surface area contributed by atoms with E-state index < -0.39 is 4.92 Å². The van der Waals surface area contributed by atoms with Crippen LogP contribution in [0.25, 0.3) is 11.4 Å². The molecule has 0 saturated carbocycles. The summed E-state index contributed by atoms with van der Waals surface area (Å²) in [4.78, 5) is 22.6. The fourth-order valence-corrected chi connectivity index (χ4v) is 3.88. The van der Waals surface area contributed by atoms with E-state index in [1.54, 1.807) is 23.9 Å². The zero-order valence-electron chi connectivity index (χ0n) is 17.7. The molecule has 9 heteroatoms. The molecule has 1 aromatic heterocycles. The van der Waals surface area contributed by atoms with E-state index in [0.29, 0.717) is 36.1 Å². The van der Waals surface area contributed by atoms with Crippen molar-refractivity contribution in [3.05, 3.63) is 69.8 Å². The van der Waals surface area contributed by atoms with Gasteiger partial charge in [0, 0.05) is 42.1 Å². The Hall–Kier alpha value is -3.20. The van der Waals surface area contributed by atoms with Crippen LogP contribution in [-0.2, 0) is 12.3 Å². The predicted octanol–water partition coefficient (Wildman–Crippen LogP) is 4.55. The van der Waals surface area contributed by atoms with E-state index in [9.17, 15) is 14.9 Å². The first-order valence-electron chi connectivity index (χ1n) is 10.1. The Morgan fingerprint density at radius 3 is 2.39 bits per heavy atom. The molecule has 2 aromatic carbocycles. The average molecular weight is 440 g/mol. The molecule has 3 rings (SSSR count). The molecule has 0 radical (unpaired) electrons. The Balaban J connectivity index is 1.67. The first-order chi connectivity index (χ1) is 14.9. The van der Waals surface area contributed by atoms with Crippen molar-refractivity contribution in [1.29, 1.82) is 0 Å². The standard InChI is InChI=1S/C22H25N5O3S/c1-4-26-20(17-9-11-19(12-10-17)27(29)30)24-25-22(26)31-14-16-5-7-18(8-6-16)21(28)23-13-15(2)3/h5-12,15H,4,13-14H2,1-3H3,(H,23,28). The van der Waals surface area contributed by atoms with Crippen LogP contribution in [0, 0.1) is 16.0 Å². The molecular formula is C22H25N5O3S. The zero-order chi connectivity index (χ0) is 22.4. The number of hydrogen-bond donors (Lipinski definition) is 1. The van der Waals surface area contributed by atoms with Crippen molar-refractivity contribution in [2.24, 2.45) is 5.92 Å². The van der Waals surface area contributed by atoms with Gasteiger partial charge in [-0.2, -0.15) is 0 Å². The number of amides is 1. The third kappa shape index (κ3) is 5.69. The molecule has 1 amide bonds. The smallest absolute Gasteiger partial charge is 0.269 e. The van der Waals surface area contributed by atoms with Crippen LogP contribution in [0.4, 0.5) is 5.69 Å². The molecule has 0 unspecified atom stereocenters. The normalized spacial score (nSPS) is 11.0. The molecule has 1 heterocycles. The number of nitro benzene ring substituents is 1. The SMILES string of the molecule is CCn1c(SCc2ccc(C(=O)NCC(C)C)cc2)nnc1-c1ccc([N+](=O)[O-])cc1. The minimum atomic E-state index is -0.422.